The first kappa shape index (κ1) is 10.2. The molecule has 2 atom stereocenters. The van der Waals surface area contributed by atoms with Gasteiger partial charge < -0.3 is 0 Å². The maximum atomic E-state index is 11.6. The monoisotopic (exact) mass is 194 g/mol. The van der Waals surface area contributed by atoms with Gasteiger partial charge in [-0.05, 0) is 35.5 Å². The minimum atomic E-state index is 0.395. The molecule has 2 aliphatic rings. The molecule has 1 heteroatoms. The Morgan fingerprint density at radius 3 is 1.64 bits per heavy atom. The molecule has 80 valence electrons. The fraction of sp³-hybridized carbons (Fsp3) is 0.923. The lowest BCUT2D eigenvalue weighted by molar-refractivity contribution is -0.118. The largest absolute Gasteiger partial charge is 0.300 e. The number of rotatable bonds is 0. The molecule has 0 aromatic carbocycles. The highest BCUT2D eigenvalue weighted by Crippen LogP contribution is 2.57. The highest BCUT2D eigenvalue weighted by molar-refractivity contribution is 5.81. The molecular weight excluding hydrogens is 172 g/mol. The smallest absolute Gasteiger partial charge is 0.133 e. The summed E-state index contributed by atoms with van der Waals surface area (Å²) in [7, 11) is 0. The fourth-order valence-electron chi connectivity index (χ4n) is 3.52. The van der Waals surface area contributed by atoms with E-state index in [1.54, 1.807) is 0 Å². The van der Waals surface area contributed by atoms with Crippen LogP contribution in [0.25, 0.3) is 0 Å². The SMILES string of the molecule is CC1(C)CCC(C)(C)[C@@H]2CC(=O)CC21. The van der Waals surface area contributed by atoms with Crippen molar-refractivity contribution in [3.8, 4) is 0 Å². The molecule has 2 rings (SSSR count). The molecule has 0 aromatic heterocycles. The number of carbonyl (C=O) groups excluding carboxylic acids is 1. The predicted octanol–water partition coefficient (Wildman–Crippen LogP) is 3.43. The van der Waals surface area contributed by atoms with Gasteiger partial charge in [-0.15, -0.1) is 0 Å². The molecule has 1 nitrogen and oxygen atoms in total. The van der Waals surface area contributed by atoms with Gasteiger partial charge in [0.05, 0.1) is 0 Å². The van der Waals surface area contributed by atoms with Gasteiger partial charge in [0.2, 0.25) is 0 Å². The predicted molar refractivity (Wildman–Crippen MR) is 58.0 cm³/mol. The van der Waals surface area contributed by atoms with Crippen LogP contribution in [0.3, 0.4) is 0 Å². The minimum Gasteiger partial charge on any atom is -0.300 e. The lowest BCUT2D eigenvalue weighted by Crippen LogP contribution is -2.41. The summed E-state index contributed by atoms with van der Waals surface area (Å²) >= 11 is 0. The third-order valence-corrected chi connectivity index (χ3v) is 4.80. The van der Waals surface area contributed by atoms with Gasteiger partial charge in [-0.3, -0.25) is 4.79 Å². The second-order valence-corrected chi connectivity index (χ2v) is 6.64. The van der Waals surface area contributed by atoms with Crippen molar-refractivity contribution >= 4 is 5.78 Å². The minimum absolute atomic E-state index is 0.395. The van der Waals surface area contributed by atoms with Crippen molar-refractivity contribution in [2.24, 2.45) is 22.7 Å². The van der Waals surface area contributed by atoms with Crippen LogP contribution in [0.2, 0.25) is 0 Å². The molecule has 0 N–H and O–H groups in total. The molecule has 14 heavy (non-hydrogen) atoms. The molecule has 0 heterocycles. The Hall–Kier alpha value is -0.330. The number of hydrogen-bond acceptors (Lipinski definition) is 1. The van der Waals surface area contributed by atoms with Crippen molar-refractivity contribution in [1.29, 1.82) is 0 Å². The molecule has 1 unspecified atom stereocenters. The third-order valence-electron chi connectivity index (χ3n) is 4.80. The Balaban J connectivity index is 2.30. The van der Waals surface area contributed by atoms with Gasteiger partial charge in [-0.25, -0.2) is 0 Å². The van der Waals surface area contributed by atoms with Crippen LogP contribution in [-0.4, -0.2) is 5.78 Å². The van der Waals surface area contributed by atoms with Gasteiger partial charge in [0.1, 0.15) is 5.78 Å². The molecule has 2 aliphatic carbocycles. The van der Waals surface area contributed by atoms with Crippen LogP contribution in [0.15, 0.2) is 0 Å². The first-order valence-corrected chi connectivity index (χ1v) is 5.85. The molecule has 0 amide bonds. The molecule has 0 bridgehead atoms. The van der Waals surface area contributed by atoms with E-state index in [0.29, 0.717) is 28.4 Å². The van der Waals surface area contributed by atoms with Crippen LogP contribution in [0.1, 0.15) is 53.4 Å². The van der Waals surface area contributed by atoms with Crippen molar-refractivity contribution in [2.75, 3.05) is 0 Å². The van der Waals surface area contributed by atoms with Crippen molar-refractivity contribution in [3.05, 3.63) is 0 Å². The summed E-state index contributed by atoms with van der Waals surface area (Å²) in [5.74, 6) is 1.81. The van der Waals surface area contributed by atoms with Gasteiger partial charge in [-0.2, -0.15) is 0 Å². The van der Waals surface area contributed by atoms with Crippen LogP contribution in [0, 0.1) is 22.7 Å². The Labute approximate surface area is 87.3 Å². The molecule has 0 spiro atoms. The average molecular weight is 194 g/mol. The zero-order chi connectivity index (χ0) is 10.6. The number of Topliss-reactive ketones (excluding diaryl/α,β-unsaturated/α-hetero) is 1. The molecule has 0 aromatic rings. The molecule has 2 saturated carbocycles. The van der Waals surface area contributed by atoms with E-state index < -0.39 is 0 Å². The lowest BCUT2D eigenvalue weighted by Gasteiger charge is -2.49. The van der Waals surface area contributed by atoms with E-state index in [-0.39, 0.29) is 0 Å². The Bertz CT molecular complexity index is 236. The van der Waals surface area contributed by atoms with E-state index in [9.17, 15) is 4.79 Å². The van der Waals surface area contributed by atoms with E-state index in [4.69, 9.17) is 0 Å². The van der Waals surface area contributed by atoms with Gasteiger partial charge in [0.25, 0.3) is 0 Å². The molecule has 0 radical (unpaired) electrons. The second kappa shape index (κ2) is 2.84. The third kappa shape index (κ3) is 1.41. The molecule has 0 aliphatic heterocycles. The normalized spacial score (nSPS) is 39.6. The van der Waals surface area contributed by atoms with Crippen LogP contribution in [-0.2, 0) is 4.79 Å². The second-order valence-electron chi connectivity index (χ2n) is 6.64. The van der Waals surface area contributed by atoms with Gasteiger partial charge in [-0.1, -0.05) is 27.7 Å². The zero-order valence-corrected chi connectivity index (χ0v) is 9.89. The van der Waals surface area contributed by atoms with Gasteiger partial charge >= 0.3 is 0 Å². The Kier molecular flexibility index (Phi) is 2.06. The first-order valence-electron chi connectivity index (χ1n) is 5.85. The van der Waals surface area contributed by atoms with E-state index in [0.717, 1.165) is 12.8 Å². The van der Waals surface area contributed by atoms with Crippen molar-refractivity contribution in [1.82, 2.24) is 0 Å². The summed E-state index contributed by atoms with van der Waals surface area (Å²) in [6.07, 6.45) is 4.27. The molecule has 2 fully saturated rings. The maximum absolute atomic E-state index is 11.6. The summed E-state index contributed by atoms with van der Waals surface area (Å²) in [4.78, 5) is 11.6. The average Bonchev–Trinajstić information content (AvgIpc) is 2.44. The highest BCUT2D eigenvalue weighted by atomic mass is 16.1. The van der Waals surface area contributed by atoms with Crippen molar-refractivity contribution < 1.29 is 4.79 Å². The van der Waals surface area contributed by atoms with Crippen molar-refractivity contribution in [3.63, 3.8) is 0 Å². The lowest BCUT2D eigenvalue weighted by atomic mass is 9.56. The first-order chi connectivity index (χ1) is 6.33. The van der Waals surface area contributed by atoms with E-state index in [1.165, 1.54) is 12.8 Å². The topological polar surface area (TPSA) is 17.1 Å². The zero-order valence-electron chi connectivity index (χ0n) is 9.89. The Morgan fingerprint density at radius 2 is 1.29 bits per heavy atom. The fourth-order valence-corrected chi connectivity index (χ4v) is 3.52. The number of hydrogen-bond donors (Lipinski definition) is 0. The van der Waals surface area contributed by atoms with E-state index >= 15 is 0 Å². The van der Waals surface area contributed by atoms with Crippen LogP contribution >= 0.6 is 0 Å². The van der Waals surface area contributed by atoms with Gasteiger partial charge in [0, 0.05) is 12.8 Å². The number of fused-ring (bicyclic) bond motifs is 1. The highest BCUT2D eigenvalue weighted by Gasteiger charge is 2.51. The van der Waals surface area contributed by atoms with E-state index in [2.05, 4.69) is 27.7 Å². The van der Waals surface area contributed by atoms with Crippen LogP contribution in [0.5, 0.6) is 0 Å². The molecular formula is C13H22O. The van der Waals surface area contributed by atoms with Crippen molar-refractivity contribution in [2.45, 2.75) is 53.4 Å². The van der Waals surface area contributed by atoms with Crippen LogP contribution in [0.4, 0.5) is 0 Å². The summed E-state index contributed by atoms with van der Waals surface area (Å²) in [6, 6.07) is 0. The summed E-state index contributed by atoms with van der Waals surface area (Å²) in [5.41, 5.74) is 0.790. The summed E-state index contributed by atoms with van der Waals surface area (Å²) in [6.45, 7) is 9.38. The molecule has 0 saturated heterocycles. The quantitative estimate of drug-likeness (QED) is 0.577. The van der Waals surface area contributed by atoms with Gasteiger partial charge in [0.15, 0.2) is 0 Å². The number of ketones is 1. The number of carbonyl (C=O) groups is 1. The van der Waals surface area contributed by atoms with E-state index in [1.807, 2.05) is 0 Å². The summed E-state index contributed by atoms with van der Waals surface area (Å²) < 4.78 is 0. The standard InChI is InChI=1S/C13H22O/c1-12(2)5-6-13(3,4)11-8-9(14)7-10(11)12/h10-11H,5-8H2,1-4H3/t10-,11?/m1/s1. The van der Waals surface area contributed by atoms with Crippen LogP contribution < -0.4 is 0 Å². The summed E-state index contributed by atoms with van der Waals surface area (Å²) in [5, 5.41) is 0. The Morgan fingerprint density at radius 1 is 0.929 bits per heavy atom. The maximum Gasteiger partial charge on any atom is 0.133 e.